The first-order chi connectivity index (χ1) is 14.7. The van der Waals surface area contributed by atoms with Crippen LogP contribution in [-0.4, -0.2) is 81.2 Å². The number of hydrogen-bond acceptors (Lipinski definition) is 8. The van der Waals surface area contributed by atoms with Gasteiger partial charge >= 0.3 is 11.9 Å². The number of carboxylic acids is 2. The van der Waals surface area contributed by atoms with Crippen molar-refractivity contribution in [2.45, 2.75) is 70.3 Å². The molecule has 182 valence electrons. The van der Waals surface area contributed by atoms with Gasteiger partial charge in [0.1, 0.15) is 18.1 Å². The topological polar surface area (TPSA) is 251 Å². The molecular formula is C18H31N5O9. The minimum absolute atomic E-state index is 0.228. The van der Waals surface area contributed by atoms with Crippen molar-refractivity contribution in [3.63, 3.8) is 0 Å². The van der Waals surface area contributed by atoms with Gasteiger partial charge in [0.15, 0.2) is 0 Å². The highest BCUT2D eigenvalue weighted by molar-refractivity contribution is 5.96. The molecule has 4 amide bonds. The molecule has 0 saturated heterocycles. The van der Waals surface area contributed by atoms with Crippen LogP contribution in [0.3, 0.4) is 0 Å². The molecule has 0 aromatic carbocycles. The molecule has 0 bridgehead atoms. The van der Waals surface area contributed by atoms with Gasteiger partial charge in [-0.1, -0.05) is 13.8 Å². The summed E-state index contributed by atoms with van der Waals surface area (Å²) < 4.78 is 0. The lowest BCUT2D eigenvalue weighted by molar-refractivity contribution is -0.144. The maximum Gasteiger partial charge on any atom is 0.326 e. The van der Waals surface area contributed by atoms with E-state index in [1.54, 1.807) is 0 Å². The zero-order valence-electron chi connectivity index (χ0n) is 18.0. The van der Waals surface area contributed by atoms with Gasteiger partial charge in [0.05, 0.1) is 18.6 Å². The van der Waals surface area contributed by atoms with E-state index in [2.05, 4.69) is 16.0 Å². The first kappa shape index (κ1) is 28.7. The molecule has 0 fully saturated rings. The van der Waals surface area contributed by atoms with Crippen LogP contribution in [0.15, 0.2) is 0 Å². The fourth-order valence-corrected chi connectivity index (χ4v) is 2.51. The molecule has 0 radical (unpaired) electrons. The summed E-state index contributed by atoms with van der Waals surface area (Å²) in [6, 6.07) is -5.79. The lowest BCUT2D eigenvalue weighted by atomic mass is 10.0. The molecule has 0 aliphatic carbocycles. The van der Waals surface area contributed by atoms with Gasteiger partial charge in [-0.2, -0.15) is 0 Å². The number of nitrogens with one attached hydrogen (secondary N) is 3. The predicted molar refractivity (Wildman–Crippen MR) is 109 cm³/mol. The fourth-order valence-electron chi connectivity index (χ4n) is 2.51. The fraction of sp³-hybridized carbons (Fsp3) is 0.667. The van der Waals surface area contributed by atoms with Crippen molar-refractivity contribution in [2.75, 3.05) is 0 Å². The summed E-state index contributed by atoms with van der Waals surface area (Å²) in [6.07, 6.45) is -2.78. The molecule has 32 heavy (non-hydrogen) atoms. The van der Waals surface area contributed by atoms with Crippen LogP contribution < -0.4 is 27.4 Å². The Morgan fingerprint density at radius 2 is 1.38 bits per heavy atom. The Labute approximate surface area is 184 Å². The summed E-state index contributed by atoms with van der Waals surface area (Å²) in [4.78, 5) is 70.4. The van der Waals surface area contributed by atoms with Gasteiger partial charge in [-0.05, 0) is 19.3 Å². The van der Waals surface area contributed by atoms with Crippen molar-refractivity contribution in [1.29, 1.82) is 0 Å². The van der Waals surface area contributed by atoms with Gasteiger partial charge in [-0.25, -0.2) is 4.79 Å². The molecule has 0 aromatic heterocycles. The first-order valence-corrected chi connectivity index (χ1v) is 9.75. The molecule has 0 aliphatic heterocycles. The number of aliphatic hydroxyl groups is 1. The van der Waals surface area contributed by atoms with Crippen molar-refractivity contribution in [1.82, 2.24) is 16.0 Å². The third-order valence-corrected chi connectivity index (χ3v) is 4.34. The molecule has 5 atom stereocenters. The summed E-state index contributed by atoms with van der Waals surface area (Å²) in [5.74, 6) is -7.01. The van der Waals surface area contributed by atoms with Crippen LogP contribution in [0.1, 0.15) is 40.0 Å². The smallest absolute Gasteiger partial charge is 0.326 e. The zero-order chi connectivity index (χ0) is 25.2. The second kappa shape index (κ2) is 13.2. The van der Waals surface area contributed by atoms with E-state index in [4.69, 9.17) is 16.6 Å². The second-order valence-corrected chi connectivity index (χ2v) is 7.57. The lowest BCUT2D eigenvalue weighted by Gasteiger charge is -2.26. The number of primary amides is 1. The molecule has 14 heteroatoms. The Morgan fingerprint density at radius 1 is 0.844 bits per heavy atom. The summed E-state index contributed by atoms with van der Waals surface area (Å²) in [7, 11) is 0. The number of carbonyl (C=O) groups is 6. The monoisotopic (exact) mass is 461 g/mol. The predicted octanol–water partition coefficient (Wildman–Crippen LogP) is -3.37. The zero-order valence-corrected chi connectivity index (χ0v) is 18.0. The highest BCUT2D eigenvalue weighted by Crippen LogP contribution is 2.05. The Kier molecular flexibility index (Phi) is 11.9. The van der Waals surface area contributed by atoms with E-state index in [1.807, 2.05) is 0 Å². The maximum absolute atomic E-state index is 12.6. The Bertz CT molecular complexity index is 726. The second-order valence-electron chi connectivity index (χ2n) is 7.57. The van der Waals surface area contributed by atoms with Gasteiger partial charge in [-0.3, -0.25) is 24.0 Å². The summed E-state index contributed by atoms with van der Waals surface area (Å²) in [5.41, 5.74) is 10.7. The van der Waals surface area contributed by atoms with E-state index >= 15 is 0 Å². The summed E-state index contributed by atoms with van der Waals surface area (Å²) in [5, 5.41) is 34.2. The summed E-state index contributed by atoms with van der Waals surface area (Å²) >= 11 is 0. The molecule has 0 aliphatic rings. The average molecular weight is 461 g/mol. The molecule has 0 saturated carbocycles. The van der Waals surface area contributed by atoms with Crippen molar-refractivity contribution < 1.29 is 44.1 Å². The average Bonchev–Trinajstić information content (AvgIpc) is 2.65. The number of rotatable bonds is 14. The Hall–Kier alpha value is -3.26. The standard InChI is InChI=1S/C18H31N5O9/c1-7(2)13(18(31)32)22-16(29)10(6-11(20)25)21-17(30)14(8(3)24)23-15(28)9(19)4-5-12(26)27/h7-10,13-14,24H,4-6,19H2,1-3H3,(H2,20,25)(H,21,30)(H,22,29)(H,23,28)(H,26,27)(H,31,32). The van der Waals surface area contributed by atoms with Crippen molar-refractivity contribution in [3.05, 3.63) is 0 Å². The van der Waals surface area contributed by atoms with Crippen LogP contribution >= 0.6 is 0 Å². The van der Waals surface area contributed by atoms with E-state index in [0.717, 1.165) is 6.92 Å². The van der Waals surface area contributed by atoms with Gasteiger partial charge in [-0.15, -0.1) is 0 Å². The van der Waals surface area contributed by atoms with Gasteiger partial charge in [0.2, 0.25) is 23.6 Å². The number of carboxylic acid groups (broad SMARTS) is 2. The molecule has 0 aromatic rings. The third kappa shape index (κ3) is 10.2. The van der Waals surface area contributed by atoms with Crippen LogP contribution in [0, 0.1) is 5.92 Å². The minimum atomic E-state index is -1.61. The van der Waals surface area contributed by atoms with E-state index in [1.165, 1.54) is 13.8 Å². The molecule has 10 N–H and O–H groups in total. The Morgan fingerprint density at radius 3 is 1.78 bits per heavy atom. The van der Waals surface area contributed by atoms with E-state index in [-0.39, 0.29) is 6.42 Å². The van der Waals surface area contributed by atoms with Crippen molar-refractivity contribution in [2.24, 2.45) is 17.4 Å². The number of aliphatic carboxylic acids is 2. The number of carbonyl (C=O) groups excluding carboxylic acids is 4. The molecule has 0 rings (SSSR count). The van der Waals surface area contributed by atoms with Crippen molar-refractivity contribution in [3.8, 4) is 0 Å². The highest BCUT2D eigenvalue weighted by Gasteiger charge is 2.33. The maximum atomic E-state index is 12.6. The molecule has 0 heterocycles. The van der Waals surface area contributed by atoms with Crippen LogP contribution in [0.25, 0.3) is 0 Å². The van der Waals surface area contributed by atoms with Crippen LogP contribution in [0.4, 0.5) is 0 Å². The number of amides is 4. The quantitative estimate of drug-likeness (QED) is 0.127. The van der Waals surface area contributed by atoms with Gasteiger partial charge in [0.25, 0.3) is 0 Å². The van der Waals surface area contributed by atoms with Crippen LogP contribution in [0.2, 0.25) is 0 Å². The third-order valence-electron chi connectivity index (χ3n) is 4.34. The van der Waals surface area contributed by atoms with E-state index in [0.29, 0.717) is 0 Å². The number of nitrogens with two attached hydrogens (primary N) is 2. The van der Waals surface area contributed by atoms with E-state index < -0.39 is 84.6 Å². The van der Waals surface area contributed by atoms with Crippen LogP contribution in [0.5, 0.6) is 0 Å². The molecule has 14 nitrogen and oxygen atoms in total. The number of aliphatic hydroxyl groups excluding tert-OH is 1. The van der Waals surface area contributed by atoms with E-state index in [9.17, 15) is 39.0 Å². The summed E-state index contributed by atoms with van der Waals surface area (Å²) in [6.45, 7) is 4.23. The largest absolute Gasteiger partial charge is 0.481 e. The number of hydrogen-bond donors (Lipinski definition) is 8. The van der Waals surface area contributed by atoms with Gasteiger partial charge in [0, 0.05) is 6.42 Å². The highest BCUT2D eigenvalue weighted by atomic mass is 16.4. The molecule has 5 unspecified atom stereocenters. The first-order valence-electron chi connectivity index (χ1n) is 9.75. The van der Waals surface area contributed by atoms with Crippen LogP contribution in [-0.2, 0) is 28.8 Å². The molecular weight excluding hydrogens is 430 g/mol. The normalized spacial score (nSPS) is 15.6. The molecule has 0 spiro atoms. The lowest BCUT2D eigenvalue weighted by Crippen LogP contribution is -2.60. The minimum Gasteiger partial charge on any atom is -0.481 e. The Balaban J connectivity index is 5.41. The SMILES string of the molecule is CC(C)C(NC(=O)C(CC(N)=O)NC(=O)C(NC(=O)C(N)CCC(=O)O)C(C)O)C(=O)O. The van der Waals surface area contributed by atoms with Gasteiger partial charge < -0.3 is 42.7 Å². The van der Waals surface area contributed by atoms with Crippen molar-refractivity contribution >= 4 is 35.6 Å².